The average Bonchev–Trinajstić information content (AvgIpc) is 3.83. The van der Waals surface area contributed by atoms with E-state index < -0.39 is 32.2 Å². The highest BCUT2D eigenvalue weighted by molar-refractivity contribution is 7.40. The highest BCUT2D eigenvalue weighted by Gasteiger charge is 2.43. The number of halogens is 1. The largest absolute Gasteiger partial charge is 0.382 e. The van der Waals surface area contributed by atoms with Gasteiger partial charge in [0.2, 0.25) is 0 Å². The van der Waals surface area contributed by atoms with E-state index in [0.717, 1.165) is 18.5 Å². The summed E-state index contributed by atoms with van der Waals surface area (Å²) in [6.07, 6.45) is 21.9. The van der Waals surface area contributed by atoms with Crippen LogP contribution < -0.4 is 5.73 Å². The number of nitrogens with zero attached hydrogens (tertiary/aromatic N) is 5. The van der Waals surface area contributed by atoms with E-state index in [-0.39, 0.29) is 37.6 Å². The quantitative estimate of drug-likeness (QED) is 0.0508. The zero-order valence-electron chi connectivity index (χ0n) is 32.5. The van der Waals surface area contributed by atoms with Crippen LogP contribution in [0.25, 0.3) is 5.52 Å². The summed E-state index contributed by atoms with van der Waals surface area (Å²) in [7, 11) is -2.40. The van der Waals surface area contributed by atoms with E-state index in [2.05, 4.69) is 23.1 Å². The number of benzene rings is 1. The number of rotatable bonds is 29. The van der Waals surface area contributed by atoms with Gasteiger partial charge in [0.25, 0.3) is 0 Å². The summed E-state index contributed by atoms with van der Waals surface area (Å²) in [5.74, 6) is -0.201. The van der Waals surface area contributed by atoms with Crippen LogP contribution >= 0.6 is 8.60 Å². The summed E-state index contributed by atoms with van der Waals surface area (Å²) < 4.78 is 45.5. The second kappa shape index (κ2) is 25.1. The second-order valence-electron chi connectivity index (χ2n) is 14.5. The number of fused-ring (bicyclic) bond motifs is 1. The van der Waals surface area contributed by atoms with Gasteiger partial charge in [-0.15, -0.1) is 0 Å². The van der Waals surface area contributed by atoms with Gasteiger partial charge in [-0.2, -0.15) is 15.6 Å². The van der Waals surface area contributed by atoms with Gasteiger partial charge in [0.15, 0.2) is 11.4 Å². The van der Waals surface area contributed by atoms with E-state index in [1.165, 1.54) is 114 Å². The van der Waals surface area contributed by atoms with Crippen molar-refractivity contribution in [1.29, 1.82) is 10.5 Å². The van der Waals surface area contributed by atoms with Crippen LogP contribution in [0.2, 0.25) is 0 Å². The average molecular weight is 783 g/mol. The summed E-state index contributed by atoms with van der Waals surface area (Å²) in [5.41, 5.74) is 6.57. The van der Waals surface area contributed by atoms with Crippen molar-refractivity contribution in [2.75, 3.05) is 32.2 Å². The van der Waals surface area contributed by atoms with Crippen LogP contribution in [0.15, 0.2) is 36.7 Å². The lowest BCUT2D eigenvalue weighted by Crippen LogP contribution is -2.32. The number of nitrogen functional groups attached to an aromatic ring is 1. The normalized spacial score (nSPS) is 18.0. The minimum Gasteiger partial charge on any atom is -0.382 e. The Morgan fingerprint density at radius 2 is 1.64 bits per heavy atom. The van der Waals surface area contributed by atoms with Crippen LogP contribution in [0.1, 0.15) is 145 Å². The number of anilines is 1. The predicted octanol–water partition coefficient (Wildman–Crippen LogP) is 9.55. The topological polar surface area (TPSA) is 170 Å². The highest BCUT2D eigenvalue weighted by Crippen LogP contribution is 2.43. The summed E-state index contributed by atoms with van der Waals surface area (Å²) in [6.45, 7) is 2.62. The number of hydrogen-bond donors (Lipinski definition) is 2. The number of nitriles is 2. The molecule has 1 aliphatic heterocycles. The number of aromatic nitrogens is 3. The molecule has 4 rings (SSSR count). The SMILES string of the molecule is CCCCCCCCCCCCCCCCCCOCC(COP(O)OCC1(C#N)CCC(c2ccc3c(N)ncnn23)O1)OCc1ccc(C#N)cc1F. The summed E-state index contributed by atoms with van der Waals surface area (Å²) in [6, 6.07) is 12.0. The summed E-state index contributed by atoms with van der Waals surface area (Å²) >= 11 is 0. The molecule has 0 amide bonds. The molecule has 1 saturated heterocycles. The van der Waals surface area contributed by atoms with E-state index in [4.69, 9.17) is 34.3 Å². The molecule has 1 aliphatic rings. The Labute approximate surface area is 327 Å². The second-order valence-corrected chi connectivity index (χ2v) is 15.5. The maximum atomic E-state index is 14.6. The third-order valence-corrected chi connectivity index (χ3v) is 10.8. The molecular formula is C41H60FN6O6P. The lowest BCUT2D eigenvalue weighted by Gasteiger charge is -2.24. The molecule has 0 saturated carbocycles. The molecule has 4 atom stereocenters. The Morgan fingerprint density at radius 1 is 0.964 bits per heavy atom. The number of unbranched alkanes of at least 4 members (excludes halogenated alkanes) is 15. The monoisotopic (exact) mass is 782 g/mol. The van der Waals surface area contributed by atoms with E-state index in [1.807, 2.05) is 12.1 Å². The van der Waals surface area contributed by atoms with Crippen molar-refractivity contribution in [3.63, 3.8) is 0 Å². The maximum Gasteiger partial charge on any atom is 0.330 e. The van der Waals surface area contributed by atoms with Crippen LogP contribution in [0.3, 0.4) is 0 Å². The first-order valence-electron chi connectivity index (χ1n) is 20.2. The fourth-order valence-corrected chi connectivity index (χ4v) is 7.48. The molecule has 4 unspecified atom stereocenters. The molecule has 2 aromatic heterocycles. The molecule has 55 heavy (non-hydrogen) atoms. The van der Waals surface area contributed by atoms with Crippen LogP contribution in [0.5, 0.6) is 0 Å². The van der Waals surface area contributed by atoms with Crippen molar-refractivity contribution < 1.29 is 32.5 Å². The molecule has 3 heterocycles. The van der Waals surface area contributed by atoms with Gasteiger partial charge in [-0.05, 0) is 43.5 Å². The number of hydrogen-bond acceptors (Lipinski definition) is 11. The van der Waals surface area contributed by atoms with Crippen LogP contribution in [-0.4, -0.2) is 57.6 Å². The van der Waals surface area contributed by atoms with Gasteiger partial charge in [0, 0.05) is 12.2 Å². The Morgan fingerprint density at radius 3 is 2.27 bits per heavy atom. The number of ether oxygens (including phenoxy) is 3. The van der Waals surface area contributed by atoms with Crippen molar-refractivity contribution in [2.45, 2.75) is 147 Å². The smallest absolute Gasteiger partial charge is 0.330 e. The first-order valence-corrected chi connectivity index (χ1v) is 21.3. The zero-order chi connectivity index (χ0) is 39.1. The van der Waals surface area contributed by atoms with Gasteiger partial charge in [-0.25, -0.2) is 13.9 Å². The first kappa shape index (κ1) is 44.5. The molecule has 12 nitrogen and oxygen atoms in total. The van der Waals surface area contributed by atoms with Crippen molar-refractivity contribution in [1.82, 2.24) is 14.6 Å². The molecule has 302 valence electrons. The molecule has 14 heteroatoms. The molecule has 0 spiro atoms. The van der Waals surface area contributed by atoms with Crippen LogP contribution in [0, 0.1) is 28.5 Å². The minimum absolute atomic E-state index is 0.0735. The molecule has 0 aliphatic carbocycles. The van der Waals surface area contributed by atoms with Crippen LogP contribution in [-0.2, 0) is 29.9 Å². The van der Waals surface area contributed by atoms with Crippen LogP contribution in [0.4, 0.5) is 10.2 Å². The molecule has 3 N–H and O–H groups in total. The summed E-state index contributed by atoms with van der Waals surface area (Å²) in [4.78, 5) is 14.7. The Hall–Kier alpha value is -3.26. The van der Waals surface area contributed by atoms with Crippen molar-refractivity contribution in [3.05, 3.63) is 59.3 Å². The van der Waals surface area contributed by atoms with E-state index in [9.17, 15) is 14.5 Å². The Kier molecular flexibility index (Phi) is 20.3. The van der Waals surface area contributed by atoms with E-state index in [0.29, 0.717) is 30.8 Å². The summed E-state index contributed by atoms with van der Waals surface area (Å²) in [5, 5.41) is 23.4. The predicted molar refractivity (Wildman–Crippen MR) is 210 cm³/mol. The third-order valence-electron chi connectivity index (χ3n) is 10.1. The Balaban J connectivity index is 1.13. The van der Waals surface area contributed by atoms with Gasteiger partial charge in [-0.1, -0.05) is 109 Å². The van der Waals surface area contributed by atoms with Gasteiger partial charge in [0.05, 0.1) is 43.8 Å². The van der Waals surface area contributed by atoms with Gasteiger partial charge in [-0.3, -0.25) is 0 Å². The fourth-order valence-electron chi connectivity index (χ4n) is 6.80. The molecular weight excluding hydrogens is 722 g/mol. The molecule has 3 aromatic rings. The van der Waals surface area contributed by atoms with Crippen molar-refractivity contribution in [2.24, 2.45) is 0 Å². The zero-order valence-corrected chi connectivity index (χ0v) is 33.4. The lowest BCUT2D eigenvalue weighted by atomic mass is 10.0. The highest BCUT2D eigenvalue weighted by atomic mass is 31.2. The van der Waals surface area contributed by atoms with Gasteiger partial charge < -0.3 is 33.9 Å². The standard InChI is InChI=1S/C41H60FN6O6P/c1-2-3-4-5-6-7-8-9-10-11-12-13-14-15-16-17-24-50-28-35(51-27-34-19-18-33(26-43)25-36(34)42)29-52-55(49)53-31-41(30-44)23-22-39(54-41)37-20-21-38-40(45)46-32-47-48(37)38/h18-21,25,32,35,39,49H,2-17,22-24,27-29,31H2,1H3,(H2,45,46,47). The molecule has 0 radical (unpaired) electrons. The van der Waals surface area contributed by atoms with E-state index >= 15 is 0 Å². The van der Waals surface area contributed by atoms with Gasteiger partial charge in [0.1, 0.15) is 35.9 Å². The lowest BCUT2D eigenvalue weighted by molar-refractivity contribution is -0.0544. The maximum absolute atomic E-state index is 14.6. The van der Waals surface area contributed by atoms with E-state index in [1.54, 1.807) is 10.6 Å². The van der Waals surface area contributed by atoms with Crippen molar-refractivity contribution >= 4 is 19.9 Å². The fraction of sp³-hybridized carbons (Fsp3) is 0.659. The molecule has 0 bridgehead atoms. The minimum atomic E-state index is -2.40. The number of nitrogens with two attached hydrogens (primary N) is 1. The first-order chi connectivity index (χ1) is 26.9. The Bertz CT molecular complexity index is 1630. The van der Waals surface area contributed by atoms with Crippen molar-refractivity contribution in [3.8, 4) is 12.1 Å². The third kappa shape index (κ3) is 15.3. The molecule has 1 aromatic carbocycles. The van der Waals surface area contributed by atoms with Gasteiger partial charge >= 0.3 is 8.60 Å². The molecule has 1 fully saturated rings.